The molecule has 2 saturated heterocycles. The quantitative estimate of drug-likeness (QED) is 0.506. The minimum atomic E-state index is -2.78. The van der Waals surface area contributed by atoms with Crippen molar-refractivity contribution < 1.29 is 23.0 Å². The van der Waals surface area contributed by atoms with Crippen molar-refractivity contribution in [2.45, 2.75) is 39.2 Å². The van der Waals surface area contributed by atoms with Crippen molar-refractivity contribution in [3.05, 3.63) is 36.2 Å². The van der Waals surface area contributed by atoms with Crippen LogP contribution in [0.15, 0.2) is 30.3 Å². The Morgan fingerprint density at radius 1 is 1.16 bits per heavy atom. The summed E-state index contributed by atoms with van der Waals surface area (Å²) in [5.74, 6) is 1.10. The number of anilines is 2. The number of rotatable bonds is 6. The van der Waals surface area contributed by atoms with Crippen LogP contribution in [0.25, 0.3) is 16.9 Å². The zero-order valence-electron chi connectivity index (χ0n) is 21.9. The third-order valence-electron chi connectivity index (χ3n) is 6.52. The average Bonchev–Trinajstić information content (AvgIpc) is 3.52. The number of carbonyl (C=O) groups excluding carboxylic acids is 1. The summed E-state index contributed by atoms with van der Waals surface area (Å²) in [5.41, 5.74) is 0.469. The Kier molecular flexibility index (Phi) is 7.33. The summed E-state index contributed by atoms with van der Waals surface area (Å²) >= 11 is 0. The Balaban J connectivity index is 1.41. The number of morpholine rings is 1. The number of para-hydroxylation sites is 2. The number of nitrogens with one attached hydrogen (secondary N) is 1. The van der Waals surface area contributed by atoms with Gasteiger partial charge in [0, 0.05) is 38.8 Å². The van der Waals surface area contributed by atoms with Crippen molar-refractivity contribution in [2.24, 2.45) is 5.92 Å². The zero-order valence-corrected chi connectivity index (χ0v) is 21.9. The molecule has 0 aliphatic carbocycles. The Labute approximate surface area is 219 Å². The van der Waals surface area contributed by atoms with Gasteiger partial charge in [-0.1, -0.05) is 12.1 Å². The van der Waals surface area contributed by atoms with E-state index in [-0.39, 0.29) is 17.8 Å². The van der Waals surface area contributed by atoms with E-state index < -0.39 is 12.0 Å². The Bertz CT molecular complexity index is 1290. The molecule has 1 N–H and O–H groups in total. The molecule has 0 spiro atoms. The molecule has 0 saturated carbocycles. The van der Waals surface area contributed by atoms with Gasteiger partial charge in [0.25, 0.3) is 6.43 Å². The summed E-state index contributed by atoms with van der Waals surface area (Å²) in [6.07, 6.45) is -2.27. The minimum absolute atomic E-state index is 0.193. The van der Waals surface area contributed by atoms with Gasteiger partial charge in [-0.3, -0.25) is 4.57 Å². The summed E-state index contributed by atoms with van der Waals surface area (Å²) in [6.45, 7) is 9.57. The summed E-state index contributed by atoms with van der Waals surface area (Å²) in [5, 5.41) is 3.36. The molecule has 2 aliphatic heterocycles. The molecular formula is C26H33F2N7O3. The first-order valence-corrected chi connectivity index (χ1v) is 12.9. The fraction of sp³-hybridized carbons (Fsp3) is 0.538. The maximum absolute atomic E-state index is 14.1. The first kappa shape index (κ1) is 26.1. The summed E-state index contributed by atoms with van der Waals surface area (Å²) in [6, 6.07) is 8.68. The smallest absolute Gasteiger partial charge is 0.410 e. The Morgan fingerprint density at radius 2 is 1.92 bits per heavy atom. The highest BCUT2D eigenvalue weighted by molar-refractivity contribution is 5.78. The number of fused-ring (bicyclic) bond motifs is 1. The molecule has 1 aromatic carbocycles. The monoisotopic (exact) mass is 529 g/mol. The standard InChI is InChI=1S/C26H33F2N7O3/c1-26(2,3)38-25(36)34-9-8-17(16-34)15-29-20-14-21(32-24(31-20)33-10-12-37-13-11-33)35-19-7-5-4-6-18(19)30-23(35)22(27)28/h4-7,14,17,22H,8-13,15-16H2,1-3H3,(H,29,31,32)/t17-/m1/s1. The molecule has 3 aromatic rings. The van der Waals surface area contributed by atoms with Crippen LogP contribution in [0.2, 0.25) is 0 Å². The van der Waals surface area contributed by atoms with Crippen LogP contribution < -0.4 is 10.2 Å². The molecule has 2 aromatic heterocycles. The van der Waals surface area contributed by atoms with Crippen molar-refractivity contribution in [1.29, 1.82) is 0 Å². The highest BCUT2D eigenvalue weighted by atomic mass is 19.3. The predicted octanol–water partition coefficient (Wildman–Crippen LogP) is 4.26. The lowest BCUT2D eigenvalue weighted by Crippen LogP contribution is -2.37. The van der Waals surface area contributed by atoms with Crippen molar-refractivity contribution >= 4 is 28.9 Å². The fourth-order valence-corrected chi connectivity index (χ4v) is 4.70. The number of carbonyl (C=O) groups is 1. The number of halogens is 2. The third kappa shape index (κ3) is 5.79. The van der Waals surface area contributed by atoms with E-state index in [1.165, 1.54) is 4.57 Å². The van der Waals surface area contributed by atoms with Crippen LogP contribution in [-0.2, 0) is 9.47 Å². The number of amides is 1. The molecule has 0 bridgehead atoms. The highest BCUT2D eigenvalue weighted by Gasteiger charge is 2.30. The van der Waals surface area contributed by atoms with Crippen molar-refractivity contribution in [3.63, 3.8) is 0 Å². The molecule has 204 valence electrons. The molecule has 12 heteroatoms. The molecule has 5 rings (SSSR count). The van der Waals surface area contributed by atoms with Crippen LogP contribution >= 0.6 is 0 Å². The lowest BCUT2D eigenvalue weighted by Gasteiger charge is -2.27. The van der Waals surface area contributed by atoms with E-state index in [9.17, 15) is 13.6 Å². The lowest BCUT2D eigenvalue weighted by molar-refractivity contribution is 0.0289. The van der Waals surface area contributed by atoms with Crippen LogP contribution in [0, 0.1) is 5.92 Å². The number of nitrogens with zero attached hydrogens (tertiary/aromatic N) is 6. The summed E-state index contributed by atoms with van der Waals surface area (Å²) in [4.78, 5) is 29.7. The number of hydrogen-bond acceptors (Lipinski definition) is 8. The van der Waals surface area contributed by atoms with Gasteiger partial charge in [0.15, 0.2) is 5.82 Å². The van der Waals surface area contributed by atoms with Crippen molar-refractivity contribution in [2.75, 3.05) is 56.2 Å². The van der Waals surface area contributed by atoms with E-state index >= 15 is 0 Å². The van der Waals surface area contributed by atoms with E-state index in [1.807, 2.05) is 25.7 Å². The summed E-state index contributed by atoms with van der Waals surface area (Å²) in [7, 11) is 0. The first-order valence-electron chi connectivity index (χ1n) is 12.9. The predicted molar refractivity (Wildman–Crippen MR) is 139 cm³/mol. The van der Waals surface area contributed by atoms with E-state index in [1.54, 1.807) is 35.2 Å². The van der Waals surface area contributed by atoms with E-state index in [0.29, 0.717) is 74.6 Å². The number of imidazole rings is 1. The molecule has 0 unspecified atom stereocenters. The normalized spacial score (nSPS) is 18.4. The van der Waals surface area contributed by atoms with Gasteiger partial charge in [-0.25, -0.2) is 18.6 Å². The molecule has 38 heavy (non-hydrogen) atoms. The van der Waals surface area contributed by atoms with Crippen LogP contribution in [0.3, 0.4) is 0 Å². The molecule has 2 aliphatic rings. The molecule has 2 fully saturated rings. The van der Waals surface area contributed by atoms with Gasteiger partial charge in [-0.05, 0) is 45.2 Å². The second-order valence-corrected chi connectivity index (χ2v) is 10.6. The maximum atomic E-state index is 14.1. The molecule has 0 radical (unpaired) electrons. The topological polar surface area (TPSA) is 97.6 Å². The SMILES string of the molecule is CC(C)(C)OC(=O)N1CC[C@H](CNc2cc(-n3c(C(F)F)nc4ccccc43)nc(N3CCOCC3)n2)C1. The number of likely N-dealkylation sites (tertiary alicyclic amines) is 1. The minimum Gasteiger partial charge on any atom is -0.444 e. The molecule has 1 amide bonds. The fourth-order valence-electron chi connectivity index (χ4n) is 4.70. The highest BCUT2D eigenvalue weighted by Crippen LogP contribution is 2.29. The van der Waals surface area contributed by atoms with Gasteiger partial charge >= 0.3 is 6.09 Å². The third-order valence-corrected chi connectivity index (χ3v) is 6.52. The molecule has 1 atom stereocenters. The molecular weight excluding hydrogens is 496 g/mol. The second-order valence-electron chi connectivity index (χ2n) is 10.6. The van der Waals surface area contributed by atoms with E-state index in [2.05, 4.69) is 15.3 Å². The first-order chi connectivity index (χ1) is 18.2. The maximum Gasteiger partial charge on any atom is 0.410 e. The number of alkyl halides is 2. The zero-order chi connectivity index (χ0) is 26.9. The number of benzene rings is 1. The van der Waals surface area contributed by atoms with Crippen LogP contribution in [0.4, 0.5) is 25.3 Å². The van der Waals surface area contributed by atoms with Crippen LogP contribution in [0.1, 0.15) is 39.4 Å². The largest absolute Gasteiger partial charge is 0.444 e. The van der Waals surface area contributed by atoms with Gasteiger partial charge in [-0.15, -0.1) is 0 Å². The lowest BCUT2D eigenvalue weighted by atomic mass is 10.1. The van der Waals surface area contributed by atoms with Crippen LogP contribution in [-0.4, -0.2) is 82.1 Å². The van der Waals surface area contributed by atoms with Crippen molar-refractivity contribution in [1.82, 2.24) is 24.4 Å². The van der Waals surface area contributed by atoms with Gasteiger partial charge in [0.1, 0.15) is 17.2 Å². The van der Waals surface area contributed by atoms with Gasteiger partial charge in [0.2, 0.25) is 5.95 Å². The van der Waals surface area contributed by atoms with Crippen molar-refractivity contribution in [3.8, 4) is 5.82 Å². The number of hydrogen-bond donors (Lipinski definition) is 1. The number of aromatic nitrogens is 4. The van der Waals surface area contributed by atoms with Gasteiger partial charge < -0.3 is 24.6 Å². The molecule has 4 heterocycles. The summed E-state index contributed by atoms with van der Waals surface area (Å²) < 4.78 is 40.5. The second kappa shape index (κ2) is 10.7. The van der Waals surface area contributed by atoms with Crippen LogP contribution in [0.5, 0.6) is 0 Å². The van der Waals surface area contributed by atoms with Gasteiger partial charge in [-0.2, -0.15) is 9.97 Å². The number of ether oxygens (including phenoxy) is 2. The molecule has 10 nitrogen and oxygen atoms in total. The van der Waals surface area contributed by atoms with Gasteiger partial charge in [0.05, 0.1) is 24.2 Å². The van der Waals surface area contributed by atoms with E-state index in [0.717, 1.165) is 6.42 Å². The average molecular weight is 530 g/mol. The Hall–Kier alpha value is -3.54. The Morgan fingerprint density at radius 3 is 2.66 bits per heavy atom. The van der Waals surface area contributed by atoms with E-state index in [4.69, 9.17) is 14.5 Å².